The van der Waals surface area contributed by atoms with Gasteiger partial charge in [0.05, 0.1) is 0 Å². The number of rotatable bonds is 6. The van der Waals surface area contributed by atoms with Crippen molar-refractivity contribution in [2.75, 3.05) is 0 Å². The standard InChI is InChI=1S/2C6H13.Mo.H3O2PS2.O/c2*1-3-5-6-4-2;;1-3(2,4)5;/h2*1,3-6H2,2H3;;(H3,1,2,4,5);/q2*-1;;;/p-3. The maximum atomic E-state index is 9.29. The number of hydrogen-bond acceptors (Lipinski definition) is 5. The van der Waals surface area contributed by atoms with Crippen molar-refractivity contribution >= 4 is 29.7 Å². The second-order valence-corrected chi connectivity index (χ2v) is 8.04. The van der Waals surface area contributed by atoms with Gasteiger partial charge in [-0.15, -0.1) is 0 Å². The summed E-state index contributed by atoms with van der Waals surface area (Å²) in [5.74, 6) is 0. The molecule has 0 spiro atoms. The molecule has 19 heavy (non-hydrogen) atoms. The Hall–Kier alpha value is 1.41. The molecule has 3 nitrogen and oxygen atoms in total. The molecule has 7 heteroatoms. The Labute approximate surface area is 141 Å². The van der Waals surface area contributed by atoms with Gasteiger partial charge < -0.3 is 41.6 Å². The fourth-order valence-corrected chi connectivity index (χ4v) is 0.854. The predicted molar refractivity (Wildman–Crippen MR) is 81.3 cm³/mol. The Kier molecular flexibility index (Phi) is 41.6. The summed E-state index contributed by atoms with van der Waals surface area (Å²) >= 11 is 7.98. The summed E-state index contributed by atoms with van der Waals surface area (Å²) in [5.41, 5.74) is -3.72. The van der Waals surface area contributed by atoms with Gasteiger partial charge in [-0.25, -0.2) is 0 Å². The summed E-state index contributed by atoms with van der Waals surface area (Å²) in [4.78, 5) is 18.6. The summed E-state index contributed by atoms with van der Waals surface area (Å²) in [6.07, 6.45) is 10.1. The van der Waals surface area contributed by atoms with Gasteiger partial charge in [0.2, 0.25) is 0 Å². The first kappa shape index (κ1) is 28.6. The molecule has 0 N–H and O–H groups in total. The summed E-state index contributed by atoms with van der Waals surface area (Å²) in [6.45, 7) is 11.9. The molecule has 0 aromatic carbocycles. The van der Waals surface area contributed by atoms with Crippen molar-refractivity contribution in [1.29, 1.82) is 0 Å². The van der Waals surface area contributed by atoms with Crippen LogP contribution >= 0.6 is 5.69 Å². The molecule has 0 saturated heterocycles. The molecule has 0 atom stereocenters. The molecule has 0 aromatic heterocycles. The Bertz CT molecular complexity index is 156. The van der Waals surface area contributed by atoms with Crippen LogP contribution in [0.1, 0.15) is 65.2 Å². The molecular weight excluding hydrogens is 383 g/mol. The van der Waals surface area contributed by atoms with E-state index in [-0.39, 0.29) is 0 Å². The number of hydrogen-bond donors (Lipinski definition) is 0. The third-order valence-electron chi connectivity index (χ3n) is 1.71. The molecule has 0 heterocycles. The fourth-order valence-electron chi connectivity index (χ4n) is 0.854. The summed E-state index contributed by atoms with van der Waals surface area (Å²) in [6, 6.07) is 0. The van der Waals surface area contributed by atoms with Crippen LogP contribution in [0, 0.1) is 13.8 Å². The predicted octanol–water partition coefficient (Wildman–Crippen LogP) is 3.16. The van der Waals surface area contributed by atoms with Crippen LogP contribution in [0.3, 0.4) is 0 Å². The van der Waals surface area contributed by atoms with Crippen LogP contribution in [-0.2, 0) is 47.2 Å². The van der Waals surface area contributed by atoms with Gasteiger partial charge in [-0.05, 0) is 0 Å². The van der Waals surface area contributed by atoms with E-state index < -0.39 is 5.69 Å². The molecule has 0 rings (SSSR count). The van der Waals surface area contributed by atoms with Crippen LogP contribution in [-0.4, -0.2) is 0 Å². The number of unbranched alkanes of at least 4 members (excludes halogenated alkanes) is 6. The second-order valence-electron chi connectivity index (χ2n) is 3.57. The van der Waals surface area contributed by atoms with Gasteiger partial charge in [-0.2, -0.15) is 24.6 Å². The Morgan fingerprint density at radius 3 is 1.26 bits per heavy atom. The van der Waals surface area contributed by atoms with Gasteiger partial charge in [-0.1, -0.05) is 52.4 Å². The van der Waals surface area contributed by atoms with E-state index in [0.29, 0.717) is 19.8 Å². The summed E-state index contributed by atoms with van der Waals surface area (Å²) in [7, 11) is 0. The molecule has 0 aromatic rings. The third kappa shape index (κ3) is 107. The van der Waals surface area contributed by atoms with Gasteiger partial charge in [-0.3, -0.25) is 0 Å². The molecule has 0 aliphatic carbocycles. The van der Waals surface area contributed by atoms with Crippen molar-refractivity contribution in [2.45, 2.75) is 65.2 Å². The minimum atomic E-state index is -3.72. The minimum absolute atomic E-state index is 0.700. The van der Waals surface area contributed by atoms with E-state index in [4.69, 9.17) is 3.40 Å². The van der Waals surface area contributed by atoms with Crippen LogP contribution in [0.4, 0.5) is 0 Å². The Balaban J connectivity index is -0.0000000835. The first-order chi connectivity index (χ1) is 8.83. The molecule has 0 fully saturated rings. The van der Waals surface area contributed by atoms with Crippen molar-refractivity contribution in [3.63, 3.8) is 0 Å². The normalized spacial score (nSPS) is 9.00. The van der Waals surface area contributed by atoms with E-state index in [1.54, 1.807) is 0 Å². The SMILES string of the molecule is [CH2-]CCCCC.[CH2-]CCCCC.[O-]P([O-])(=S)[S-].[O]=[Mo]. The molecule has 0 bridgehead atoms. The maximum absolute atomic E-state index is 9.29. The third-order valence-corrected chi connectivity index (χ3v) is 1.71. The van der Waals surface area contributed by atoms with Gasteiger partial charge in [0.15, 0.2) is 0 Å². The Morgan fingerprint density at radius 1 is 1.00 bits per heavy atom. The van der Waals surface area contributed by atoms with Gasteiger partial charge in [0.25, 0.3) is 0 Å². The zero-order chi connectivity index (χ0) is 16.2. The molecular formula is C12H26MoO3PS2-5. The molecule has 0 amide bonds. The first-order valence-electron chi connectivity index (χ1n) is 6.31. The molecule has 0 aliphatic heterocycles. The Morgan fingerprint density at radius 2 is 1.21 bits per heavy atom. The molecule has 0 saturated carbocycles. The molecule has 120 valence electrons. The average molecular weight is 409 g/mol. The van der Waals surface area contributed by atoms with E-state index >= 15 is 0 Å². The van der Waals surface area contributed by atoms with E-state index in [2.05, 4.69) is 51.8 Å². The van der Waals surface area contributed by atoms with Crippen LogP contribution < -0.4 is 9.79 Å². The zero-order valence-corrected chi connectivity index (χ0v) is 16.5. The van der Waals surface area contributed by atoms with Crippen LogP contribution in [0.15, 0.2) is 0 Å². The zero-order valence-electron chi connectivity index (χ0n) is 12.0. The average Bonchev–Trinajstić information content (AvgIpc) is 2.35. The molecule has 0 unspecified atom stereocenters. The van der Waals surface area contributed by atoms with Gasteiger partial charge >= 0.3 is 23.2 Å². The van der Waals surface area contributed by atoms with Crippen molar-refractivity contribution in [1.82, 2.24) is 0 Å². The van der Waals surface area contributed by atoms with Crippen LogP contribution in [0.5, 0.6) is 0 Å². The summed E-state index contributed by atoms with van der Waals surface area (Å²) in [5, 5.41) is 0. The summed E-state index contributed by atoms with van der Waals surface area (Å²) < 4.78 is 8.26. The van der Waals surface area contributed by atoms with Gasteiger partial charge in [0, 0.05) is 0 Å². The van der Waals surface area contributed by atoms with Crippen molar-refractivity contribution in [2.24, 2.45) is 0 Å². The molecule has 0 radical (unpaired) electrons. The van der Waals surface area contributed by atoms with Crippen LogP contribution in [0.2, 0.25) is 0 Å². The van der Waals surface area contributed by atoms with Crippen molar-refractivity contribution in [3.05, 3.63) is 13.8 Å². The quantitative estimate of drug-likeness (QED) is 0.222. The van der Waals surface area contributed by atoms with Crippen LogP contribution in [0.25, 0.3) is 0 Å². The van der Waals surface area contributed by atoms with Crippen molar-refractivity contribution in [3.8, 4) is 0 Å². The van der Waals surface area contributed by atoms with E-state index in [0.717, 1.165) is 12.8 Å². The van der Waals surface area contributed by atoms with E-state index in [9.17, 15) is 9.79 Å². The van der Waals surface area contributed by atoms with Crippen molar-refractivity contribution < 1.29 is 33.0 Å². The molecule has 0 aliphatic rings. The monoisotopic (exact) mass is 411 g/mol. The van der Waals surface area contributed by atoms with E-state index in [1.807, 2.05) is 0 Å². The van der Waals surface area contributed by atoms with Gasteiger partial charge in [0.1, 0.15) is 0 Å². The first-order valence-corrected chi connectivity index (χ1v) is 10.8. The topological polar surface area (TPSA) is 63.2 Å². The second kappa shape index (κ2) is 27.7. The van der Waals surface area contributed by atoms with E-state index in [1.165, 1.54) is 38.5 Å². The fraction of sp³-hybridized carbons (Fsp3) is 0.833.